The maximum absolute atomic E-state index is 10.2. The van der Waals surface area contributed by atoms with E-state index in [0.717, 1.165) is 6.08 Å². The van der Waals surface area contributed by atoms with Crippen molar-refractivity contribution < 1.29 is 39.3 Å². The first-order valence-electron chi connectivity index (χ1n) is 4.22. The summed E-state index contributed by atoms with van der Waals surface area (Å²) in [4.78, 5) is 19.7. The average molecular weight is 274 g/mol. The molecule has 0 saturated heterocycles. The number of rotatable bonds is 2. The third-order valence-electron chi connectivity index (χ3n) is 1.33. The predicted octanol–water partition coefficient (Wildman–Crippen LogP) is 2.03. The molecule has 0 heterocycles. The number of carboxylic acids is 2. The smallest absolute Gasteiger partial charge is 0.335 e. The molecule has 0 aromatic heterocycles. The average Bonchev–Trinajstić information content (AvgIpc) is 2.20. The molecule has 0 aliphatic heterocycles. The minimum absolute atomic E-state index is 0. The first kappa shape index (κ1) is 16.9. The van der Waals surface area contributed by atoms with Crippen LogP contribution < -0.4 is 0 Å². The van der Waals surface area contributed by atoms with Crippen molar-refractivity contribution in [2.24, 2.45) is 0 Å². The number of aromatic carboxylic acids is 1. The van der Waals surface area contributed by atoms with Crippen molar-refractivity contribution >= 4 is 11.9 Å². The monoisotopic (exact) mass is 272 g/mol. The largest absolute Gasteiger partial charge is 0.478 e. The molecular formula is C11H12O4Zn. The maximum Gasteiger partial charge on any atom is 0.335 e. The van der Waals surface area contributed by atoms with E-state index in [4.69, 9.17) is 10.2 Å². The Morgan fingerprint density at radius 1 is 1.12 bits per heavy atom. The Balaban J connectivity index is 0. The van der Waals surface area contributed by atoms with Crippen molar-refractivity contribution in [2.75, 3.05) is 0 Å². The zero-order valence-corrected chi connectivity index (χ0v) is 11.9. The first-order chi connectivity index (χ1) is 7.07. The molecule has 0 atom stereocenters. The number of benzene rings is 1. The Morgan fingerprint density at radius 2 is 1.62 bits per heavy atom. The van der Waals surface area contributed by atoms with Gasteiger partial charge in [-0.15, -0.1) is 0 Å². The molecule has 0 radical (unpaired) electrons. The van der Waals surface area contributed by atoms with Crippen molar-refractivity contribution in [1.82, 2.24) is 0 Å². The zero-order valence-electron chi connectivity index (χ0n) is 8.96. The van der Waals surface area contributed by atoms with Gasteiger partial charge in [-0.05, 0) is 19.1 Å². The van der Waals surface area contributed by atoms with Gasteiger partial charge in [0.2, 0.25) is 0 Å². The van der Waals surface area contributed by atoms with Gasteiger partial charge in [0.05, 0.1) is 5.56 Å². The molecule has 4 nitrogen and oxygen atoms in total. The predicted molar refractivity (Wildman–Crippen MR) is 55.9 cm³/mol. The number of carbonyl (C=O) groups is 2. The Morgan fingerprint density at radius 3 is 1.81 bits per heavy atom. The quantitative estimate of drug-likeness (QED) is 0.639. The molecule has 0 amide bonds. The summed E-state index contributed by atoms with van der Waals surface area (Å²) in [6.07, 6.45) is 2.56. The number of hydrogen-bond donors (Lipinski definition) is 2. The van der Waals surface area contributed by atoms with Crippen LogP contribution in [0.15, 0.2) is 42.5 Å². The summed E-state index contributed by atoms with van der Waals surface area (Å²) >= 11 is 0. The molecular weight excluding hydrogens is 262 g/mol. The topological polar surface area (TPSA) is 74.6 Å². The minimum Gasteiger partial charge on any atom is -0.478 e. The molecule has 0 saturated carbocycles. The van der Waals surface area contributed by atoms with Crippen LogP contribution in [0.2, 0.25) is 0 Å². The fourth-order valence-electron chi connectivity index (χ4n) is 0.723. The van der Waals surface area contributed by atoms with Crippen molar-refractivity contribution in [3.8, 4) is 0 Å². The number of hydrogen-bond acceptors (Lipinski definition) is 2. The van der Waals surface area contributed by atoms with Gasteiger partial charge in [-0.1, -0.05) is 24.3 Å². The second-order valence-electron chi connectivity index (χ2n) is 2.51. The fourth-order valence-corrected chi connectivity index (χ4v) is 0.723. The number of allylic oxidation sites excluding steroid dienone is 1. The molecule has 0 unspecified atom stereocenters. The van der Waals surface area contributed by atoms with Gasteiger partial charge in [0.15, 0.2) is 0 Å². The van der Waals surface area contributed by atoms with Gasteiger partial charge in [0.25, 0.3) is 0 Å². The van der Waals surface area contributed by atoms with Gasteiger partial charge in [-0.2, -0.15) is 0 Å². The van der Waals surface area contributed by atoms with E-state index >= 15 is 0 Å². The van der Waals surface area contributed by atoms with E-state index in [9.17, 15) is 9.59 Å². The van der Waals surface area contributed by atoms with Crippen LogP contribution in [0.25, 0.3) is 0 Å². The van der Waals surface area contributed by atoms with Crippen LogP contribution in [0, 0.1) is 0 Å². The summed E-state index contributed by atoms with van der Waals surface area (Å²) in [7, 11) is 0. The second kappa shape index (κ2) is 10.1. The molecule has 0 fully saturated rings. The molecule has 0 aliphatic carbocycles. The first-order valence-corrected chi connectivity index (χ1v) is 4.22. The number of carboxylic acid groups (broad SMARTS) is 2. The van der Waals surface area contributed by atoms with Gasteiger partial charge < -0.3 is 10.2 Å². The van der Waals surface area contributed by atoms with E-state index < -0.39 is 11.9 Å². The Labute approximate surface area is 106 Å². The van der Waals surface area contributed by atoms with Crippen LogP contribution in [0.5, 0.6) is 0 Å². The van der Waals surface area contributed by atoms with Crippen LogP contribution in [0.1, 0.15) is 17.3 Å². The molecule has 1 rings (SSSR count). The van der Waals surface area contributed by atoms with Gasteiger partial charge in [-0.25, -0.2) is 9.59 Å². The van der Waals surface area contributed by atoms with Crippen LogP contribution in [0.3, 0.4) is 0 Å². The summed E-state index contributed by atoms with van der Waals surface area (Å²) in [5.74, 6) is -1.77. The summed E-state index contributed by atoms with van der Waals surface area (Å²) in [6, 6.07) is 8.30. The van der Waals surface area contributed by atoms with Crippen LogP contribution in [-0.2, 0) is 24.3 Å². The molecule has 2 N–H and O–H groups in total. The van der Waals surface area contributed by atoms with Crippen molar-refractivity contribution in [1.29, 1.82) is 0 Å². The van der Waals surface area contributed by atoms with Gasteiger partial charge in [0.1, 0.15) is 0 Å². The van der Waals surface area contributed by atoms with E-state index in [1.165, 1.54) is 6.08 Å². The Bertz CT molecular complexity index is 346. The Hall–Kier alpha value is -1.48. The summed E-state index contributed by atoms with van der Waals surface area (Å²) in [5.41, 5.74) is 0.331. The second-order valence-corrected chi connectivity index (χ2v) is 2.51. The van der Waals surface area contributed by atoms with E-state index in [-0.39, 0.29) is 19.5 Å². The van der Waals surface area contributed by atoms with Gasteiger partial charge in [-0.3, -0.25) is 0 Å². The zero-order chi connectivity index (χ0) is 11.7. The molecule has 82 valence electrons. The SMILES string of the molecule is C/C=C/C(=O)O.O=C(O)c1ccccc1.[Zn]. The van der Waals surface area contributed by atoms with Crippen LogP contribution >= 0.6 is 0 Å². The summed E-state index contributed by atoms with van der Waals surface area (Å²) < 4.78 is 0. The van der Waals surface area contributed by atoms with E-state index in [0.29, 0.717) is 5.56 Å². The third-order valence-corrected chi connectivity index (χ3v) is 1.33. The molecule has 1 aromatic carbocycles. The molecule has 1 aromatic rings. The Kier molecular flexibility index (Phi) is 10.6. The third kappa shape index (κ3) is 9.09. The standard InChI is InChI=1S/C7H6O2.C4H6O2.Zn/c8-7(9)6-4-2-1-3-5-6;1-2-3-4(5)6;/h1-5H,(H,8,9);2-3H,1H3,(H,5,6);/b;3-2+;. The minimum atomic E-state index is -0.891. The van der Waals surface area contributed by atoms with E-state index in [2.05, 4.69) is 0 Å². The normalized spacial score (nSPS) is 8.56. The van der Waals surface area contributed by atoms with Crippen molar-refractivity contribution in [3.63, 3.8) is 0 Å². The van der Waals surface area contributed by atoms with Crippen LogP contribution in [0.4, 0.5) is 0 Å². The van der Waals surface area contributed by atoms with Gasteiger partial charge in [0, 0.05) is 25.6 Å². The molecule has 16 heavy (non-hydrogen) atoms. The summed E-state index contributed by atoms with van der Waals surface area (Å²) in [6.45, 7) is 1.66. The molecule has 5 heteroatoms. The fraction of sp³-hybridized carbons (Fsp3) is 0.0909. The van der Waals surface area contributed by atoms with E-state index in [1.807, 2.05) is 0 Å². The van der Waals surface area contributed by atoms with Crippen LogP contribution in [-0.4, -0.2) is 22.2 Å². The molecule has 0 bridgehead atoms. The van der Waals surface area contributed by atoms with Crippen molar-refractivity contribution in [3.05, 3.63) is 48.0 Å². The number of aliphatic carboxylic acids is 1. The maximum atomic E-state index is 10.2. The molecule has 0 aliphatic rings. The van der Waals surface area contributed by atoms with E-state index in [1.54, 1.807) is 37.3 Å². The molecule has 0 spiro atoms. The summed E-state index contributed by atoms with van der Waals surface area (Å²) in [5, 5.41) is 16.2. The van der Waals surface area contributed by atoms with Gasteiger partial charge >= 0.3 is 11.9 Å². The van der Waals surface area contributed by atoms with Crippen molar-refractivity contribution in [2.45, 2.75) is 6.92 Å².